The molecule has 1 aliphatic carbocycles. The molecule has 3 rings (SSSR count). The molecule has 1 aromatic rings. The Morgan fingerprint density at radius 3 is 2.54 bits per heavy atom. The standard InChI is InChI=1S/C15H21N3O4S.ClH/c1-22-13-5-2-11(15(19)18-8-6-16-7-9-18)10-14(13)23(20,21)17-12-3-4-12;/h2,5,10,12,16-17H,3-4,6-9H2,1H3;1H. The van der Waals surface area contributed by atoms with Gasteiger partial charge < -0.3 is 15.0 Å². The van der Waals surface area contributed by atoms with Crippen LogP contribution in [0.4, 0.5) is 0 Å². The number of hydrogen-bond acceptors (Lipinski definition) is 5. The van der Waals surface area contributed by atoms with E-state index in [4.69, 9.17) is 4.74 Å². The molecule has 1 saturated heterocycles. The number of halogens is 1. The van der Waals surface area contributed by atoms with Crippen LogP contribution >= 0.6 is 12.4 Å². The number of rotatable bonds is 5. The number of nitrogens with one attached hydrogen (secondary N) is 2. The van der Waals surface area contributed by atoms with Gasteiger partial charge in [0, 0.05) is 37.8 Å². The molecular formula is C15H22ClN3O4S. The Labute approximate surface area is 148 Å². The monoisotopic (exact) mass is 375 g/mol. The SMILES string of the molecule is COc1ccc(C(=O)N2CCNCC2)cc1S(=O)(=O)NC1CC1.Cl. The zero-order chi connectivity index (χ0) is 16.4. The third-order valence-corrected chi connectivity index (χ3v) is 5.55. The van der Waals surface area contributed by atoms with E-state index in [1.54, 1.807) is 11.0 Å². The highest BCUT2D eigenvalue weighted by atomic mass is 35.5. The molecule has 7 nitrogen and oxygen atoms in total. The summed E-state index contributed by atoms with van der Waals surface area (Å²) in [6.07, 6.45) is 1.70. The average Bonchev–Trinajstić information content (AvgIpc) is 3.37. The van der Waals surface area contributed by atoms with Gasteiger partial charge in [-0.2, -0.15) is 0 Å². The molecule has 134 valence electrons. The summed E-state index contributed by atoms with van der Waals surface area (Å²) in [5.41, 5.74) is 0.365. The van der Waals surface area contributed by atoms with Gasteiger partial charge in [0.25, 0.3) is 5.91 Å². The van der Waals surface area contributed by atoms with Gasteiger partial charge in [0.05, 0.1) is 7.11 Å². The molecule has 1 saturated carbocycles. The molecule has 0 unspecified atom stereocenters. The summed E-state index contributed by atoms with van der Waals surface area (Å²) < 4.78 is 32.8. The lowest BCUT2D eigenvalue weighted by molar-refractivity contribution is 0.0735. The van der Waals surface area contributed by atoms with E-state index in [0.717, 1.165) is 25.9 Å². The Hall–Kier alpha value is -1.35. The van der Waals surface area contributed by atoms with Gasteiger partial charge in [-0.1, -0.05) is 0 Å². The largest absolute Gasteiger partial charge is 0.495 e. The molecule has 1 amide bonds. The van der Waals surface area contributed by atoms with Crippen molar-refractivity contribution in [2.75, 3.05) is 33.3 Å². The van der Waals surface area contributed by atoms with Gasteiger partial charge in [0.15, 0.2) is 0 Å². The fourth-order valence-corrected chi connectivity index (χ4v) is 4.05. The molecule has 1 aromatic carbocycles. The number of hydrogen-bond donors (Lipinski definition) is 2. The fraction of sp³-hybridized carbons (Fsp3) is 0.533. The first-order valence-electron chi connectivity index (χ1n) is 7.71. The number of amides is 1. The summed E-state index contributed by atoms with van der Waals surface area (Å²) >= 11 is 0. The van der Waals surface area contributed by atoms with Crippen LogP contribution in [-0.4, -0.2) is 58.6 Å². The second kappa shape index (κ2) is 7.69. The van der Waals surface area contributed by atoms with Crippen LogP contribution in [0.5, 0.6) is 5.75 Å². The molecule has 0 radical (unpaired) electrons. The van der Waals surface area contributed by atoms with E-state index in [1.807, 2.05) is 0 Å². The first-order chi connectivity index (χ1) is 11.0. The Morgan fingerprint density at radius 2 is 1.96 bits per heavy atom. The van der Waals surface area contributed by atoms with E-state index in [1.165, 1.54) is 19.2 Å². The van der Waals surface area contributed by atoms with E-state index >= 15 is 0 Å². The Morgan fingerprint density at radius 1 is 1.29 bits per heavy atom. The highest BCUT2D eigenvalue weighted by Gasteiger charge is 2.30. The quantitative estimate of drug-likeness (QED) is 0.787. The van der Waals surface area contributed by atoms with Crippen LogP contribution in [0.3, 0.4) is 0 Å². The minimum Gasteiger partial charge on any atom is -0.495 e. The molecular weight excluding hydrogens is 354 g/mol. The van der Waals surface area contributed by atoms with Crippen molar-refractivity contribution in [1.29, 1.82) is 0 Å². The predicted octanol–water partition coefficient (Wildman–Crippen LogP) is 0.603. The maximum atomic E-state index is 12.6. The van der Waals surface area contributed by atoms with Crippen molar-refractivity contribution >= 4 is 28.3 Å². The third kappa shape index (κ3) is 4.18. The topological polar surface area (TPSA) is 87.7 Å². The summed E-state index contributed by atoms with van der Waals surface area (Å²) in [6, 6.07) is 4.56. The first-order valence-corrected chi connectivity index (χ1v) is 9.20. The maximum Gasteiger partial charge on any atom is 0.253 e. The molecule has 0 bridgehead atoms. The van der Waals surface area contributed by atoms with Gasteiger partial charge >= 0.3 is 0 Å². The highest BCUT2D eigenvalue weighted by molar-refractivity contribution is 7.89. The van der Waals surface area contributed by atoms with Gasteiger partial charge in [0.2, 0.25) is 10.0 Å². The Bertz CT molecular complexity index is 701. The van der Waals surface area contributed by atoms with Crippen molar-refractivity contribution in [2.45, 2.75) is 23.8 Å². The summed E-state index contributed by atoms with van der Waals surface area (Å²) in [7, 11) is -2.26. The highest BCUT2D eigenvalue weighted by Crippen LogP contribution is 2.28. The van der Waals surface area contributed by atoms with E-state index in [2.05, 4.69) is 10.0 Å². The minimum absolute atomic E-state index is 0. The third-order valence-electron chi connectivity index (χ3n) is 4.00. The Kier molecular flexibility index (Phi) is 6.08. The first kappa shape index (κ1) is 19.0. The molecule has 1 aliphatic heterocycles. The van der Waals surface area contributed by atoms with Crippen molar-refractivity contribution in [3.05, 3.63) is 23.8 Å². The summed E-state index contributed by atoms with van der Waals surface area (Å²) in [5, 5.41) is 3.18. The van der Waals surface area contributed by atoms with Crippen LogP contribution in [-0.2, 0) is 10.0 Å². The fourth-order valence-electron chi connectivity index (χ4n) is 2.55. The predicted molar refractivity (Wildman–Crippen MR) is 92.4 cm³/mol. The van der Waals surface area contributed by atoms with Crippen LogP contribution in [0, 0.1) is 0 Å². The van der Waals surface area contributed by atoms with Gasteiger partial charge in [-0.15, -0.1) is 12.4 Å². The number of ether oxygens (including phenoxy) is 1. The zero-order valence-electron chi connectivity index (χ0n) is 13.4. The van der Waals surface area contributed by atoms with E-state index in [-0.39, 0.29) is 35.0 Å². The van der Waals surface area contributed by atoms with E-state index in [0.29, 0.717) is 18.7 Å². The summed E-state index contributed by atoms with van der Waals surface area (Å²) in [5.74, 6) is 0.0898. The number of piperazine rings is 1. The number of benzene rings is 1. The molecule has 9 heteroatoms. The molecule has 0 aromatic heterocycles. The van der Waals surface area contributed by atoms with Gasteiger partial charge in [-0.3, -0.25) is 4.79 Å². The second-order valence-corrected chi connectivity index (χ2v) is 7.49. The minimum atomic E-state index is -3.68. The van der Waals surface area contributed by atoms with Crippen LogP contribution in [0.25, 0.3) is 0 Å². The lowest BCUT2D eigenvalue weighted by Gasteiger charge is -2.27. The maximum absolute atomic E-state index is 12.6. The molecule has 24 heavy (non-hydrogen) atoms. The van der Waals surface area contributed by atoms with Crippen molar-refractivity contribution < 1.29 is 17.9 Å². The van der Waals surface area contributed by atoms with Crippen LogP contribution in [0.15, 0.2) is 23.1 Å². The van der Waals surface area contributed by atoms with E-state index in [9.17, 15) is 13.2 Å². The molecule has 2 fully saturated rings. The normalized spacial score (nSPS) is 18.0. The second-order valence-electron chi connectivity index (χ2n) is 5.80. The van der Waals surface area contributed by atoms with Gasteiger partial charge in [-0.05, 0) is 31.0 Å². The molecule has 2 aliphatic rings. The molecule has 0 atom stereocenters. The van der Waals surface area contributed by atoms with Crippen LogP contribution in [0.2, 0.25) is 0 Å². The smallest absolute Gasteiger partial charge is 0.253 e. The summed E-state index contributed by atoms with van der Waals surface area (Å²) in [6.45, 7) is 2.73. The van der Waals surface area contributed by atoms with Crippen molar-refractivity contribution in [1.82, 2.24) is 14.9 Å². The van der Waals surface area contributed by atoms with Crippen LogP contribution in [0.1, 0.15) is 23.2 Å². The van der Waals surface area contributed by atoms with Crippen molar-refractivity contribution in [2.24, 2.45) is 0 Å². The summed E-state index contributed by atoms with van der Waals surface area (Å²) in [4.78, 5) is 14.3. The molecule has 2 N–H and O–H groups in total. The molecule has 1 heterocycles. The van der Waals surface area contributed by atoms with Crippen LogP contribution < -0.4 is 14.8 Å². The molecule has 0 spiro atoms. The number of carbonyl (C=O) groups is 1. The number of methoxy groups -OCH3 is 1. The average molecular weight is 376 g/mol. The zero-order valence-corrected chi connectivity index (χ0v) is 15.1. The number of sulfonamides is 1. The van der Waals surface area contributed by atoms with Crippen molar-refractivity contribution in [3.8, 4) is 5.75 Å². The lowest BCUT2D eigenvalue weighted by atomic mass is 10.1. The number of nitrogens with zero attached hydrogens (tertiary/aromatic N) is 1. The van der Waals surface area contributed by atoms with E-state index < -0.39 is 10.0 Å². The van der Waals surface area contributed by atoms with Crippen molar-refractivity contribution in [3.63, 3.8) is 0 Å². The van der Waals surface area contributed by atoms with Gasteiger partial charge in [0.1, 0.15) is 10.6 Å². The van der Waals surface area contributed by atoms with Gasteiger partial charge in [-0.25, -0.2) is 13.1 Å². The Balaban J connectivity index is 0.00000208. The number of carbonyl (C=O) groups excluding carboxylic acids is 1. The lowest BCUT2D eigenvalue weighted by Crippen LogP contribution is -2.46.